The second-order valence-electron chi connectivity index (χ2n) is 6.26. The van der Waals surface area contributed by atoms with Gasteiger partial charge in [-0.25, -0.2) is 0 Å². The number of halogens is 1. The third-order valence-electron chi connectivity index (χ3n) is 4.57. The number of rotatable bonds is 4. The van der Waals surface area contributed by atoms with E-state index in [0.29, 0.717) is 16.5 Å². The van der Waals surface area contributed by atoms with Crippen molar-refractivity contribution in [1.29, 1.82) is 5.26 Å². The molecule has 0 aromatic heterocycles. The lowest BCUT2D eigenvalue weighted by molar-refractivity contribution is -0.0254. The number of hydrogen-bond acceptors (Lipinski definition) is 3. The monoisotopic (exact) mass is 340 g/mol. The molecule has 3 nitrogen and oxygen atoms in total. The smallest absolute Gasteiger partial charge is 0.101 e. The molecule has 1 aliphatic heterocycles. The van der Waals surface area contributed by atoms with Crippen molar-refractivity contribution in [1.82, 2.24) is 0 Å². The maximum absolute atomic E-state index is 9.37. The van der Waals surface area contributed by atoms with Crippen molar-refractivity contribution in [2.45, 2.75) is 18.9 Å². The van der Waals surface area contributed by atoms with Crippen molar-refractivity contribution in [3.63, 3.8) is 0 Å². The van der Waals surface area contributed by atoms with E-state index in [1.165, 1.54) is 5.56 Å². The average Bonchev–Trinajstić information content (AvgIpc) is 2.62. The molecule has 0 radical (unpaired) electrons. The SMILES string of the molecule is CN(CC1CCCOC1c1ccccc1)c1ccc(Cl)cc1C#N. The molecule has 2 aromatic rings. The molecule has 2 atom stereocenters. The predicted molar refractivity (Wildman–Crippen MR) is 97.3 cm³/mol. The molecule has 1 fully saturated rings. The van der Waals surface area contributed by atoms with Crippen LogP contribution in [0.4, 0.5) is 5.69 Å². The van der Waals surface area contributed by atoms with Crippen molar-refractivity contribution in [3.8, 4) is 6.07 Å². The van der Waals surface area contributed by atoms with E-state index >= 15 is 0 Å². The van der Waals surface area contributed by atoms with Crippen molar-refractivity contribution >= 4 is 17.3 Å². The highest BCUT2D eigenvalue weighted by Crippen LogP contribution is 2.35. The van der Waals surface area contributed by atoms with Gasteiger partial charge in [0, 0.05) is 31.1 Å². The Labute approximate surface area is 148 Å². The van der Waals surface area contributed by atoms with E-state index < -0.39 is 0 Å². The molecule has 1 heterocycles. The molecule has 0 bridgehead atoms. The number of ether oxygens (including phenoxy) is 1. The molecule has 0 N–H and O–H groups in total. The molecule has 124 valence electrons. The number of anilines is 1. The van der Waals surface area contributed by atoms with Crippen LogP contribution in [0.1, 0.15) is 30.1 Å². The Balaban J connectivity index is 1.79. The predicted octanol–water partition coefficient (Wildman–Crippen LogP) is 4.82. The fourth-order valence-electron chi connectivity index (χ4n) is 3.42. The van der Waals surface area contributed by atoms with E-state index in [-0.39, 0.29) is 6.10 Å². The Kier molecular flexibility index (Phi) is 5.40. The Hall–Kier alpha value is -2.02. The molecule has 24 heavy (non-hydrogen) atoms. The van der Waals surface area contributed by atoms with Crippen LogP contribution in [0.15, 0.2) is 48.5 Å². The molecule has 0 amide bonds. The minimum absolute atomic E-state index is 0.111. The lowest BCUT2D eigenvalue weighted by atomic mass is 9.89. The summed E-state index contributed by atoms with van der Waals surface area (Å²) in [4.78, 5) is 2.14. The van der Waals surface area contributed by atoms with E-state index in [2.05, 4.69) is 35.2 Å². The van der Waals surface area contributed by atoms with Crippen molar-refractivity contribution in [3.05, 3.63) is 64.7 Å². The van der Waals surface area contributed by atoms with Crippen LogP contribution in [0.25, 0.3) is 0 Å². The van der Waals surface area contributed by atoms with Crippen LogP contribution in [0.3, 0.4) is 0 Å². The molecule has 2 unspecified atom stereocenters. The molecule has 0 saturated carbocycles. The summed E-state index contributed by atoms with van der Waals surface area (Å²) in [5.41, 5.74) is 2.75. The summed E-state index contributed by atoms with van der Waals surface area (Å²) < 4.78 is 6.08. The van der Waals surface area contributed by atoms with Gasteiger partial charge in [0.2, 0.25) is 0 Å². The van der Waals surface area contributed by atoms with E-state index in [4.69, 9.17) is 16.3 Å². The molecule has 3 rings (SSSR count). The minimum Gasteiger partial charge on any atom is -0.373 e. The first-order valence-electron chi connectivity index (χ1n) is 8.26. The molecule has 0 spiro atoms. The molecule has 2 aromatic carbocycles. The third-order valence-corrected chi connectivity index (χ3v) is 4.81. The largest absolute Gasteiger partial charge is 0.373 e. The number of benzene rings is 2. The van der Waals surface area contributed by atoms with E-state index in [1.54, 1.807) is 6.07 Å². The lowest BCUT2D eigenvalue weighted by Gasteiger charge is -2.35. The highest BCUT2D eigenvalue weighted by Gasteiger charge is 2.28. The first-order valence-corrected chi connectivity index (χ1v) is 8.64. The van der Waals surface area contributed by atoms with Crippen molar-refractivity contribution in [2.24, 2.45) is 5.92 Å². The summed E-state index contributed by atoms with van der Waals surface area (Å²) >= 11 is 6.01. The maximum atomic E-state index is 9.37. The Morgan fingerprint density at radius 3 is 2.79 bits per heavy atom. The van der Waals surface area contributed by atoms with Gasteiger partial charge < -0.3 is 9.64 Å². The highest BCUT2D eigenvalue weighted by molar-refractivity contribution is 6.30. The zero-order valence-electron chi connectivity index (χ0n) is 13.8. The summed E-state index contributed by atoms with van der Waals surface area (Å²) in [5, 5.41) is 9.96. The van der Waals surface area contributed by atoms with Gasteiger partial charge in [-0.05, 0) is 36.6 Å². The van der Waals surface area contributed by atoms with Gasteiger partial charge in [0.25, 0.3) is 0 Å². The van der Waals surface area contributed by atoms with Crippen molar-refractivity contribution < 1.29 is 4.74 Å². The van der Waals surface area contributed by atoms with Crippen molar-refractivity contribution in [2.75, 3.05) is 25.1 Å². The van der Waals surface area contributed by atoms with Gasteiger partial charge in [-0.2, -0.15) is 5.26 Å². The van der Waals surface area contributed by atoms with E-state index in [9.17, 15) is 5.26 Å². The Morgan fingerprint density at radius 1 is 1.25 bits per heavy atom. The Morgan fingerprint density at radius 2 is 2.04 bits per heavy atom. The topological polar surface area (TPSA) is 36.3 Å². The van der Waals surface area contributed by atoms with E-state index in [1.807, 2.05) is 25.2 Å². The number of hydrogen-bond donors (Lipinski definition) is 0. The van der Waals surface area contributed by atoms with E-state index in [0.717, 1.165) is 31.7 Å². The van der Waals surface area contributed by atoms with Gasteiger partial charge in [-0.3, -0.25) is 0 Å². The summed E-state index contributed by atoms with van der Waals surface area (Å²) in [6.45, 7) is 1.65. The van der Waals surface area contributed by atoms with Gasteiger partial charge in [0.15, 0.2) is 0 Å². The average molecular weight is 341 g/mol. The molecule has 4 heteroatoms. The first kappa shape index (κ1) is 16.8. The third kappa shape index (κ3) is 3.72. The van der Waals surface area contributed by atoms with Gasteiger partial charge in [0.05, 0.1) is 17.4 Å². The normalized spacial score (nSPS) is 20.4. The van der Waals surface area contributed by atoms with Crippen LogP contribution in [-0.4, -0.2) is 20.2 Å². The maximum Gasteiger partial charge on any atom is 0.101 e. The minimum atomic E-state index is 0.111. The standard InChI is InChI=1S/C20H21ClN2O/c1-23(19-10-9-18(21)12-17(19)13-22)14-16-8-5-11-24-20(16)15-6-3-2-4-7-15/h2-4,6-7,9-10,12,16,20H,5,8,11,14H2,1H3. The molecule has 0 aliphatic carbocycles. The zero-order chi connectivity index (χ0) is 16.9. The number of nitrogens with zero attached hydrogens (tertiary/aromatic N) is 2. The van der Waals surface area contributed by atoms with Crippen LogP contribution in [0, 0.1) is 17.2 Å². The fraction of sp³-hybridized carbons (Fsp3) is 0.350. The zero-order valence-corrected chi connectivity index (χ0v) is 14.5. The van der Waals surface area contributed by atoms with Crippen LogP contribution in [-0.2, 0) is 4.74 Å². The second-order valence-corrected chi connectivity index (χ2v) is 6.69. The van der Waals surface area contributed by atoms with Gasteiger partial charge in [-0.1, -0.05) is 41.9 Å². The molecular formula is C20H21ClN2O. The molecular weight excluding hydrogens is 320 g/mol. The highest BCUT2D eigenvalue weighted by atomic mass is 35.5. The summed E-state index contributed by atoms with van der Waals surface area (Å²) in [6.07, 6.45) is 2.31. The van der Waals surface area contributed by atoms with Gasteiger partial charge in [-0.15, -0.1) is 0 Å². The lowest BCUT2D eigenvalue weighted by Crippen LogP contribution is -2.33. The van der Waals surface area contributed by atoms with Gasteiger partial charge in [0.1, 0.15) is 6.07 Å². The quantitative estimate of drug-likeness (QED) is 0.800. The summed E-state index contributed by atoms with van der Waals surface area (Å²) in [7, 11) is 2.03. The fourth-order valence-corrected chi connectivity index (χ4v) is 3.59. The van der Waals surface area contributed by atoms with Crippen LogP contribution in [0.2, 0.25) is 5.02 Å². The first-order chi connectivity index (χ1) is 11.7. The second kappa shape index (κ2) is 7.70. The van der Waals surface area contributed by atoms with Crippen LogP contribution in [0.5, 0.6) is 0 Å². The molecule has 1 saturated heterocycles. The summed E-state index contributed by atoms with van der Waals surface area (Å²) in [5.74, 6) is 0.397. The Bertz CT molecular complexity index is 726. The molecule has 1 aliphatic rings. The van der Waals surface area contributed by atoms with Gasteiger partial charge >= 0.3 is 0 Å². The number of nitriles is 1. The van der Waals surface area contributed by atoms with Crippen LogP contribution >= 0.6 is 11.6 Å². The summed E-state index contributed by atoms with van der Waals surface area (Å²) in [6, 6.07) is 18.1. The van der Waals surface area contributed by atoms with Crippen LogP contribution < -0.4 is 4.90 Å².